The molecule has 1 amide bonds. The number of carbonyl (C=O) groups excluding carboxylic acids is 1. The fraction of sp³-hybridized carbons (Fsp3) is 0.200. The maximum absolute atomic E-state index is 12.6. The van der Waals surface area contributed by atoms with Gasteiger partial charge < -0.3 is 9.88 Å². The number of benzene rings is 2. The molecule has 0 bridgehead atoms. The zero-order chi connectivity index (χ0) is 18.0. The topological polar surface area (TPSA) is 51.1 Å². The summed E-state index contributed by atoms with van der Waals surface area (Å²) in [7, 11) is 0. The number of hydrogen-bond acceptors (Lipinski definition) is 2. The van der Waals surface area contributed by atoms with Crippen LogP contribution in [0.5, 0.6) is 0 Å². The summed E-state index contributed by atoms with van der Waals surface area (Å²) < 4.78 is 2.66. The number of anilines is 1. The number of pyridine rings is 1. The van der Waals surface area contributed by atoms with E-state index >= 15 is 0 Å². The highest BCUT2D eigenvalue weighted by Crippen LogP contribution is 2.22. The van der Waals surface area contributed by atoms with Crippen LogP contribution in [-0.2, 0) is 17.8 Å². The van der Waals surface area contributed by atoms with Crippen LogP contribution in [0.15, 0.2) is 57.9 Å². The molecule has 0 atom stereocenters. The van der Waals surface area contributed by atoms with Crippen molar-refractivity contribution in [3.8, 4) is 0 Å². The number of hydrogen-bond donors (Lipinski definition) is 1. The molecule has 0 saturated carbocycles. The first kappa shape index (κ1) is 17.4. The Hall–Kier alpha value is -2.40. The van der Waals surface area contributed by atoms with Crippen molar-refractivity contribution in [3.63, 3.8) is 0 Å². The number of amides is 1. The third-order valence-corrected chi connectivity index (χ3v) is 4.75. The molecule has 0 unspecified atom stereocenters. The number of rotatable bonds is 4. The van der Waals surface area contributed by atoms with E-state index in [-0.39, 0.29) is 17.9 Å². The molecule has 1 aromatic heterocycles. The minimum absolute atomic E-state index is 0.0497. The summed E-state index contributed by atoms with van der Waals surface area (Å²) in [6.07, 6.45) is 2.51. The highest BCUT2D eigenvalue weighted by molar-refractivity contribution is 9.10. The predicted octanol–water partition coefficient (Wildman–Crippen LogP) is 4.27. The van der Waals surface area contributed by atoms with Crippen LogP contribution < -0.4 is 10.7 Å². The molecular weight excluding hydrogens is 380 g/mol. The number of nitrogens with zero attached hydrogens (tertiary/aromatic N) is 1. The lowest BCUT2D eigenvalue weighted by molar-refractivity contribution is -0.116. The highest BCUT2D eigenvalue weighted by atomic mass is 79.9. The quantitative estimate of drug-likeness (QED) is 0.712. The average molecular weight is 399 g/mol. The van der Waals surface area contributed by atoms with Gasteiger partial charge in [0, 0.05) is 27.8 Å². The van der Waals surface area contributed by atoms with Crippen molar-refractivity contribution in [1.29, 1.82) is 0 Å². The lowest BCUT2D eigenvalue weighted by atomic mass is 10.1. The SMILES string of the molecule is CCc1cccc(C)c1NC(=O)Cn1ccc(=O)c2ccc(Br)cc21. The minimum atomic E-state index is -0.117. The number of aromatic nitrogens is 1. The van der Waals surface area contributed by atoms with Crippen molar-refractivity contribution in [2.24, 2.45) is 0 Å². The smallest absolute Gasteiger partial charge is 0.244 e. The second kappa shape index (κ2) is 7.23. The van der Waals surface area contributed by atoms with Crippen LogP contribution in [0.25, 0.3) is 10.9 Å². The van der Waals surface area contributed by atoms with E-state index in [9.17, 15) is 9.59 Å². The van der Waals surface area contributed by atoms with Crippen LogP contribution in [0.3, 0.4) is 0 Å². The zero-order valence-corrected chi connectivity index (χ0v) is 15.8. The average Bonchev–Trinajstić information content (AvgIpc) is 2.59. The van der Waals surface area contributed by atoms with Gasteiger partial charge in [-0.2, -0.15) is 0 Å². The van der Waals surface area contributed by atoms with Crippen LogP contribution in [-0.4, -0.2) is 10.5 Å². The lowest BCUT2D eigenvalue weighted by Gasteiger charge is -2.15. The second-order valence-corrected chi connectivity index (χ2v) is 6.90. The first-order chi connectivity index (χ1) is 12.0. The first-order valence-electron chi connectivity index (χ1n) is 8.16. The van der Waals surface area contributed by atoms with Gasteiger partial charge in [0.1, 0.15) is 6.54 Å². The summed E-state index contributed by atoms with van der Waals surface area (Å²) in [6, 6.07) is 13.0. The molecule has 3 rings (SSSR count). The van der Waals surface area contributed by atoms with Crippen molar-refractivity contribution in [1.82, 2.24) is 4.57 Å². The Labute approximate surface area is 154 Å². The Morgan fingerprint density at radius 3 is 2.76 bits per heavy atom. The molecule has 2 aromatic carbocycles. The van der Waals surface area contributed by atoms with Crippen molar-refractivity contribution in [3.05, 3.63) is 74.5 Å². The van der Waals surface area contributed by atoms with E-state index in [1.807, 2.05) is 37.3 Å². The summed E-state index contributed by atoms with van der Waals surface area (Å²) in [5.41, 5.74) is 3.71. The van der Waals surface area contributed by atoms with Crippen molar-refractivity contribution >= 4 is 38.4 Å². The summed E-state index contributed by atoms with van der Waals surface area (Å²) in [5, 5.41) is 3.62. The number of para-hydroxylation sites is 1. The molecule has 0 fully saturated rings. The molecule has 4 nitrogen and oxygen atoms in total. The van der Waals surface area contributed by atoms with Gasteiger partial charge >= 0.3 is 0 Å². The number of aryl methyl sites for hydroxylation is 2. The maximum Gasteiger partial charge on any atom is 0.244 e. The van der Waals surface area contributed by atoms with E-state index in [2.05, 4.69) is 28.2 Å². The summed E-state index contributed by atoms with van der Waals surface area (Å²) in [5.74, 6) is -0.117. The van der Waals surface area contributed by atoms with Gasteiger partial charge in [0.2, 0.25) is 5.91 Å². The number of fused-ring (bicyclic) bond motifs is 1. The largest absolute Gasteiger partial charge is 0.338 e. The maximum atomic E-state index is 12.6. The molecule has 128 valence electrons. The van der Waals surface area contributed by atoms with Crippen LogP contribution in [0, 0.1) is 6.92 Å². The number of halogens is 1. The van der Waals surface area contributed by atoms with E-state index in [0.29, 0.717) is 5.39 Å². The van der Waals surface area contributed by atoms with Gasteiger partial charge in [-0.05, 0) is 42.7 Å². The van der Waals surface area contributed by atoms with E-state index < -0.39 is 0 Å². The van der Waals surface area contributed by atoms with Crippen molar-refractivity contribution in [2.45, 2.75) is 26.8 Å². The van der Waals surface area contributed by atoms with E-state index in [4.69, 9.17) is 0 Å². The molecule has 1 N–H and O–H groups in total. The second-order valence-electron chi connectivity index (χ2n) is 5.98. The number of nitrogens with one attached hydrogen (secondary N) is 1. The van der Waals surface area contributed by atoms with E-state index in [1.165, 1.54) is 6.07 Å². The molecule has 5 heteroatoms. The molecule has 0 aliphatic rings. The van der Waals surface area contributed by atoms with Gasteiger partial charge in [0.05, 0.1) is 5.52 Å². The Kier molecular flexibility index (Phi) is 5.04. The van der Waals surface area contributed by atoms with Crippen LogP contribution in [0.1, 0.15) is 18.1 Å². The monoisotopic (exact) mass is 398 g/mol. The molecule has 1 heterocycles. The Morgan fingerprint density at radius 2 is 2.00 bits per heavy atom. The molecular formula is C20H19BrN2O2. The standard InChI is InChI=1S/C20H19BrN2O2/c1-3-14-6-4-5-13(2)20(14)22-19(25)12-23-10-9-18(24)16-8-7-15(21)11-17(16)23/h4-11H,3,12H2,1-2H3,(H,22,25). The summed E-state index contributed by atoms with van der Waals surface area (Å²) in [4.78, 5) is 24.6. The molecule has 0 radical (unpaired) electrons. The Balaban J connectivity index is 1.92. The van der Waals surface area contributed by atoms with Crippen LogP contribution in [0.4, 0.5) is 5.69 Å². The predicted molar refractivity (Wildman–Crippen MR) is 105 cm³/mol. The van der Waals surface area contributed by atoms with Gasteiger partial charge in [-0.1, -0.05) is 41.1 Å². The van der Waals surface area contributed by atoms with Gasteiger partial charge in [0.25, 0.3) is 0 Å². The molecule has 0 spiro atoms. The third kappa shape index (κ3) is 3.66. The minimum Gasteiger partial charge on any atom is -0.338 e. The lowest BCUT2D eigenvalue weighted by Crippen LogP contribution is -2.21. The van der Waals surface area contributed by atoms with E-state index in [0.717, 1.165) is 33.2 Å². The van der Waals surface area contributed by atoms with Crippen molar-refractivity contribution in [2.75, 3.05) is 5.32 Å². The third-order valence-electron chi connectivity index (χ3n) is 4.26. The zero-order valence-electron chi connectivity index (χ0n) is 14.2. The van der Waals surface area contributed by atoms with Gasteiger partial charge in [0.15, 0.2) is 5.43 Å². The van der Waals surface area contributed by atoms with Crippen LogP contribution in [0.2, 0.25) is 0 Å². The van der Waals surface area contributed by atoms with Crippen LogP contribution >= 0.6 is 15.9 Å². The fourth-order valence-electron chi connectivity index (χ4n) is 2.95. The van der Waals surface area contributed by atoms with Crippen molar-refractivity contribution < 1.29 is 4.79 Å². The fourth-order valence-corrected chi connectivity index (χ4v) is 3.30. The molecule has 0 aliphatic heterocycles. The number of carbonyl (C=O) groups is 1. The highest BCUT2D eigenvalue weighted by Gasteiger charge is 2.11. The summed E-state index contributed by atoms with van der Waals surface area (Å²) >= 11 is 3.42. The van der Waals surface area contributed by atoms with Gasteiger partial charge in [-0.25, -0.2) is 0 Å². The summed E-state index contributed by atoms with van der Waals surface area (Å²) in [6.45, 7) is 4.20. The Bertz CT molecular complexity index is 1010. The normalized spacial score (nSPS) is 10.8. The van der Waals surface area contributed by atoms with Gasteiger partial charge in [-0.3, -0.25) is 9.59 Å². The molecule has 3 aromatic rings. The molecule has 0 saturated heterocycles. The van der Waals surface area contributed by atoms with Gasteiger partial charge in [-0.15, -0.1) is 0 Å². The molecule has 25 heavy (non-hydrogen) atoms. The Morgan fingerprint density at radius 1 is 1.20 bits per heavy atom. The van der Waals surface area contributed by atoms with E-state index in [1.54, 1.807) is 16.8 Å². The molecule has 0 aliphatic carbocycles. The first-order valence-corrected chi connectivity index (χ1v) is 8.96.